The lowest BCUT2D eigenvalue weighted by Gasteiger charge is -2.02. The summed E-state index contributed by atoms with van der Waals surface area (Å²) in [5.74, 6) is -0.762. The van der Waals surface area contributed by atoms with Gasteiger partial charge in [-0.2, -0.15) is 5.26 Å². The van der Waals surface area contributed by atoms with Crippen molar-refractivity contribution in [2.45, 2.75) is 50.7 Å². The van der Waals surface area contributed by atoms with Gasteiger partial charge in [-0.1, -0.05) is 0 Å². The van der Waals surface area contributed by atoms with E-state index in [2.05, 4.69) is 6.07 Å². The summed E-state index contributed by atoms with van der Waals surface area (Å²) < 4.78 is 10.3. The van der Waals surface area contributed by atoms with E-state index in [1.54, 1.807) is 0 Å². The Morgan fingerprint density at radius 3 is 2.24 bits per heavy atom. The lowest BCUT2D eigenvalue weighted by molar-refractivity contribution is -0.139. The number of aliphatic carboxylic acids is 1. The summed E-state index contributed by atoms with van der Waals surface area (Å²) in [7, 11) is 0. The molecule has 2 unspecified atom stereocenters. The topological polar surface area (TPSA) is 79.5 Å². The molecule has 2 saturated heterocycles. The average molecular weight is 241 g/mol. The van der Waals surface area contributed by atoms with E-state index in [1.165, 1.54) is 0 Å². The Balaban J connectivity index is 0.000000171. The van der Waals surface area contributed by atoms with Crippen molar-refractivity contribution in [3.05, 3.63) is 0 Å². The molecule has 0 aromatic heterocycles. The quantitative estimate of drug-likeness (QED) is 0.813. The molecule has 0 aliphatic carbocycles. The molecule has 2 aliphatic rings. The largest absolute Gasteiger partial charge is 0.481 e. The van der Waals surface area contributed by atoms with Crippen LogP contribution in [0.1, 0.15) is 38.5 Å². The van der Waals surface area contributed by atoms with Crippen molar-refractivity contribution in [3.8, 4) is 6.07 Å². The number of nitriles is 1. The third-order valence-corrected chi connectivity index (χ3v) is 2.77. The Morgan fingerprint density at radius 2 is 1.82 bits per heavy atom. The van der Waals surface area contributed by atoms with Crippen LogP contribution in [0.3, 0.4) is 0 Å². The van der Waals surface area contributed by atoms with Gasteiger partial charge in [0.05, 0.1) is 31.1 Å². The second kappa shape index (κ2) is 8.04. The first-order valence-corrected chi connectivity index (χ1v) is 6.04. The lowest BCUT2D eigenvalue weighted by Crippen LogP contribution is -2.10. The molecule has 0 radical (unpaired) electrons. The monoisotopic (exact) mass is 241 g/mol. The second-order valence-corrected chi connectivity index (χ2v) is 4.23. The molecule has 5 nitrogen and oxygen atoms in total. The average Bonchev–Trinajstić information content (AvgIpc) is 2.91. The molecule has 96 valence electrons. The molecule has 0 bridgehead atoms. The highest BCUT2D eigenvalue weighted by Gasteiger charge is 2.17. The van der Waals surface area contributed by atoms with Crippen LogP contribution in [0.5, 0.6) is 0 Å². The lowest BCUT2D eigenvalue weighted by atomic mass is 10.2. The van der Waals surface area contributed by atoms with Crippen LogP contribution < -0.4 is 0 Å². The first kappa shape index (κ1) is 13.9. The number of hydrogen-bond acceptors (Lipinski definition) is 4. The summed E-state index contributed by atoms with van der Waals surface area (Å²) >= 11 is 0. The zero-order valence-electron chi connectivity index (χ0n) is 9.93. The van der Waals surface area contributed by atoms with Crippen LogP contribution in [0.4, 0.5) is 0 Å². The molecular formula is C12H19NO4. The van der Waals surface area contributed by atoms with Crippen LogP contribution in [0, 0.1) is 11.3 Å². The third-order valence-electron chi connectivity index (χ3n) is 2.77. The van der Waals surface area contributed by atoms with E-state index in [0.717, 1.165) is 38.9 Å². The number of rotatable bonds is 3. The predicted molar refractivity (Wildman–Crippen MR) is 60.4 cm³/mol. The molecule has 5 heteroatoms. The summed E-state index contributed by atoms with van der Waals surface area (Å²) in [6.45, 7) is 1.59. The maximum absolute atomic E-state index is 10.1. The molecule has 2 fully saturated rings. The molecule has 0 saturated carbocycles. The standard InChI is InChI=1S/C6H9NO.C6H10O3/c7-4-3-6-2-1-5-8-6;7-6(8)4-5-2-1-3-9-5/h6H,1-3,5H2;5H,1-4H2,(H,7,8). The maximum atomic E-state index is 10.1. The molecule has 1 N–H and O–H groups in total. The number of ether oxygens (including phenoxy) is 2. The zero-order valence-corrected chi connectivity index (χ0v) is 9.93. The van der Waals surface area contributed by atoms with Crippen LogP contribution in [0.25, 0.3) is 0 Å². The van der Waals surface area contributed by atoms with Crippen LogP contribution in [-0.4, -0.2) is 36.5 Å². The predicted octanol–water partition coefficient (Wildman–Crippen LogP) is 1.72. The first-order chi connectivity index (χ1) is 8.22. The Bertz CT molecular complexity index is 262. The summed E-state index contributed by atoms with van der Waals surface area (Å²) in [6.07, 6.45) is 5.10. The number of carboxylic acids is 1. The van der Waals surface area contributed by atoms with Gasteiger partial charge in [0.2, 0.25) is 0 Å². The van der Waals surface area contributed by atoms with Gasteiger partial charge in [-0.15, -0.1) is 0 Å². The molecule has 2 rings (SSSR count). The third kappa shape index (κ3) is 6.25. The fraction of sp³-hybridized carbons (Fsp3) is 0.833. The first-order valence-electron chi connectivity index (χ1n) is 6.04. The van der Waals surface area contributed by atoms with Gasteiger partial charge in [-0.25, -0.2) is 0 Å². The van der Waals surface area contributed by atoms with Crippen molar-refractivity contribution in [3.63, 3.8) is 0 Å². The van der Waals surface area contributed by atoms with E-state index in [0.29, 0.717) is 6.42 Å². The molecule has 2 atom stereocenters. The molecule has 0 aromatic carbocycles. The smallest absolute Gasteiger partial charge is 0.305 e. The molecule has 17 heavy (non-hydrogen) atoms. The molecule has 0 spiro atoms. The highest BCUT2D eigenvalue weighted by Crippen LogP contribution is 2.14. The minimum absolute atomic E-state index is 0.0116. The Kier molecular flexibility index (Phi) is 6.60. The molecule has 0 amide bonds. The van der Waals surface area contributed by atoms with Crippen molar-refractivity contribution >= 4 is 5.97 Å². The van der Waals surface area contributed by atoms with E-state index in [1.807, 2.05) is 0 Å². The highest BCUT2D eigenvalue weighted by atomic mass is 16.5. The van der Waals surface area contributed by atoms with Gasteiger partial charge < -0.3 is 14.6 Å². The summed E-state index contributed by atoms with van der Waals surface area (Å²) in [5.41, 5.74) is 0. The van der Waals surface area contributed by atoms with Crippen LogP contribution in [-0.2, 0) is 14.3 Å². The van der Waals surface area contributed by atoms with E-state index in [9.17, 15) is 4.79 Å². The Labute approximate surface area is 101 Å². The Morgan fingerprint density at radius 1 is 1.24 bits per heavy atom. The fourth-order valence-electron chi connectivity index (χ4n) is 1.91. The van der Waals surface area contributed by atoms with Crippen molar-refractivity contribution in [1.82, 2.24) is 0 Å². The van der Waals surface area contributed by atoms with Crippen LogP contribution in [0.2, 0.25) is 0 Å². The molecule has 2 heterocycles. The maximum Gasteiger partial charge on any atom is 0.305 e. The summed E-state index contributed by atoms with van der Waals surface area (Å²) in [5, 5.41) is 16.5. The van der Waals surface area contributed by atoms with Crippen molar-refractivity contribution < 1.29 is 19.4 Å². The van der Waals surface area contributed by atoms with Crippen LogP contribution in [0.15, 0.2) is 0 Å². The second-order valence-electron chi connectivity index (χ2n) is 4.23. The zero-order chi connectivity index (χ0) is 12.5. The van der Waals surface area contributed by atoms with Crippen molar-refractivity contribution in [2.75, 3.05) is 13.2 Å². The van der Waals surface area contributed by atoms with Gasteiger partial charge in [-0.3, -0.25) is 4.79 Å². The summed E-state index contributed by atoms with van der Waals surface area (Å²) in [4.78, 5) is 10.1. The van der Waals surface area contributed by atoms with Crippen LogP contribution >= 0.6 is 0 Å². The van der Waals surface area contributed by atoms with Gasteiger partial charge in [0.15, 0.2) is 0 Å². The van der Waals surface area contributed by atoms with E-state index in [4.69, 9.17) is 19.8 Å². The Hall–Kier alpha value is -1.12. The molecular weight excluding hydrogens is 222 g/mol. The minimum atomic E-state index is -0.762. The normalized spacial score (nSPS) is 27.0. The van der Waals surface area contributed by atoms with Gasteiger partial charge in [0.25, 0.3) is 0 Å². The van der Waals surface area contributed by atoms with Gasteiger partial charge in [0, 0.05) is 13.2 Å². The van der Waals surface area contributed by atoms with E-state index in [-0.39, 0.29) is 18.6 Å². The van der Waals surface area contributed by atoms with Gasteiger partial charge >= 0.3 is 5.97 Å². The fourth-order valence-corrected chi connectivity index (χ4v) is 1.91. The van der Waals surface area contributed by atoms with Gasteiger partial charge in [0.1, 0.15) is 0 Å². The van der Waals surface area contributed by atoms with E-state index < -0.39 is 5.97 Å². The minimum Gasteiger partial charge on any atom is -0.481 e. The number of hydrogen-bond donors (Lipinski definition) is 1. The van der Waals surface area contributed by atoms with Crippen molar-refractivity contribution in [1.29, 1.82) is 5.26 Å². The molecule has 2 aliphatic heterocycles. The molecule has 0 aromatic rings. The SMILES string of the molecule is N#CCC1CCCO1.O=C(O)CC1CCCO1. The number of carbonyl (C=O) groups is 1. The number of carboxylic acid groups (broad SMARTS) is 1. The van der Waals surface area contributed by atoms with Crippen molar-refractivity contribution in [2.24, 2.45) is 0 Å². The van der Waals surface area contributed by atoms with Gasteiger partial charge in [-0.05, 0) is 25.7 Å². The highest BCUT2D eigenvalue weighted by molar-refractivity contribution is 5.67. The summed E-state index contributed by atoms with van der Waals surface area (Å²) in [6, 6.07) is 2.08. The van der Waals surface area contributed by atoms with E-state index >= 15 is 0 Å². The number of nitrogens with zero attached hydrogens (tertiary/aromatic N) is 1.